The first-order valence-electron chi connectivity index (χ1n) is 7.65. The van der Waals surface area contributed by atoms with Gasteiger partial charge >= 0.3 is 0 Å². The Morgan fingerprint density at radius 2 is 1.96 bits per heavy atom. The SMILES string of the molecule is COCCNCC(=O)Nc1ccc(OCc2ccccc2)c(Br)c1. The van der Waals surface area contributed by atoms with Crippen LogP contribution in [0.2, 0.25) is 0 Å². The number of benzene rings is 2. The molecule has 0 heterocycles. The molecule has 1 amide bonds. The van der Waals surface area contributed by atoms with Gasteiger partial charge in [-0.2, -0.15) is 0 Å². The van der Waals surface area contributed by atoms with Gasteiger partial charge in [-0.25, -0.2) is 0 Å². The Balaban J connectivity index is 1.84. The highest BCUT2D eigenvalue weighted by Crippen LogP contribution is 2.28. The fraction of sp³-hybridized carbons (Fsp3) is 0.278. The molecule has 6 heteroatoms. The van der Waals surface area contributed by atoms with Gasteiger partial charge in [0.15, 0.2) is 0 Å². The van der Waals surface area contributed by atoms with Gasteiger partial charge in [0.25, 0.3) is 0 Å². The van der Waals surface area contributed by atoms with Gasteiger partial charge in [0.05, 0.1) is 17.6 Å². The molecule has 128 valence electrons. The summed E-state index contributed by atoms with van der Waals surface area (Å²) in [6, 6.07) is 15.4. The maximum atomic E-state index is 11.8. The summed E-state index contributed by atoms with van der Waals surface area (Å²) in [6.45, 7) is 1.95. The minimum Gasteiger partial charge on any atom is -0.488 e. The molecular formula is C18H21BrN2O3. The Hall–Kier alpha value is -1.89. The Labute approximate surface area is 150 Å². The van der Waals surface area contributed by atoms with Crippen LogP contribution >= 0.6 is 15.9 Å². The largest absolute Gasteiger partial charge is 0.488 e. The summed E-state index contributed by atoms with van der Waals surface area (Å²) >= 11 is 3.48. The third kappa shape index (κ3) is 6.31. The van der Waals surface area contributed by atoms with Gasteiger partial charge < -0.3 is 20.1 Å². The van der Waals surface area contributed by atoms with Crippen molar-refractivity contribution in [1.82, 2.24) is 5.32 Å². The first kappa shape index (κ1) is 18.4. The second-order valence-electron chi connectivity index (χ2n) is 5.14. The van der Waals surface area contributed by atoms with Crippen LogP contribution in [-0.4, -0.2) is 32.7 Å². The van der Waals surface area contributed by atoms with Gasteiger partial charge in [-0.3, -0.25) is 4.79 Å². The zero-order valence-corrected chi connectivity index (χ0v) is 15.1. The van der Waals surface area contributed by atoms with Crippen molar-refractivity contribution >= 4 is 27.5 Å². The molecule has 5 nitrogen and oxygen atoms in total. The van der Waals surface area contributed by atoms with E-state index < -0.39 is 0 Å². The minimum atomic E-state index is -0.101. The summed E-state index contributed by atoms with van der Waals surface area (Å²) in [4.78, 5) is 11.8. The number of carbonyl (C=O) groups excluding carboxylic acids is 1. The molecule has 0 aliphatic rings. The van der Waals surface area contributed by atoms with Crippen molar-refractivity contribution in [3.05, 3.63) is 58.6 Å². The third-order valence-corrected chi connectivity index (χ3v) is 3.84. The van der Waals surface area contributed by atoms with E-state index in [2.05, 4.69) is 26.6 Å². The quantitative estimate of drug-likeness (QED) is 0.643. The van der Waals surface area contributed by atoms with Gasteiger partial charge in [-0.15, -0.1) is 0 Å². The summed E-state index contributed by atoms with van der Waals surface area (Å²) in [5.41, 5.74) is 1.82. The first-order valence-corrected chi connectivity index (χ1v) is 8.44. The van der Waals surface area contributed by atoms with Crippen LogP contribution in [0.4, 0.5) is 5.69 Å². The summed E-state index contributed by atoms with van der Waals surface area (Å²) in [5, 5.41) is 5.83. The van der Waals surface area contributed by atoms with Crippen molar-refractivity contribution in [2.24, 2.45) is 0 Å². The zero-order valence-electron chi connectivity index (χ0n) is 13.5. The molecule has 0 unspecified atom stereocenters. The average Bonchev–Trinajstić information content (AvgIpc) is 2.59. The molecule has 24 heavy (non-hydrogen) atoms. The number of halogens is 1. The van der Waals surface area contributed by atoms with Crippen molar-refractivity contribution < 1.29 is 14.3 Å². The van der Waals surface area contributed by atoms with Crippen LogP contribution in [-0.2, 0) is 16.1 Å². The fourth-order valence-corrected chi connectivity index (χ4v) is 2.51. The summed E-state index contributed by atoms with van der Waals surface area (Å²) < 4.78 is 11.5. The average molecular weight is 393 g/mol. The molecule has 0 radical (unpaired) electrons. The number of hydrogen-bond acceptors (Lipinski definition) is 4. The Bertz CT molecular complexity index is 650. The van der Waals surface area contributed by atoms with E-state index in [0.717, 1.165) is 15.8 Å². The number of amides is 1. The highest BCUT2D eigenvalue weighted by molar-refractivity contribution is 9.10. The number of carbonyl (C=O) groups is 1. The van der Waals surface area contributed by atoms with Crippen LogP contribution < -0.4 is 15.4 Å². The minimum absolute atomic E-state index is 0.101. The van der Waals surface area contributed by atoms with E-state index in [1.54, 1.807) is 7.11 Å². The van der Waals surface area contributed by atoms with Crippen LogP contribution in [0.25, 0.3) is 0 Å². The van der Waals surface area contributed by atoms with Crippen molar-refractivity contribution in [3.8, 4) is 5.75 Å². The van der Waals surface area contributed by atoms with E-state index in [1.807, 2.05) is 48.5 Å². The Morgan fingerprint density at radius 3 is 2.67 bits per heavy atom. The van der Waals surface area contributed by atoms with Gasteiger partial charge in [-0.1, -0.05) is 30.3 Å². The third-order valence-electron chi connectivity index (χ3n) is 3.22. The standard InChI is InChI=1S/C18H21BrN2O3/c1-23-10-9-20-12-18(22)21-15-7-8-17(16(19)11-15)24-13-14-5-3-2-4-6-14/h2-8,11,20H,9-10,12-13H2,1H3,(H,21,22). The molecule has 0 saturated heterocycles. The fourth-order valence-electron chi connectivity index (χ4n) is 2.01. The Morgan fingerprint density at radius 1 is 1.17 bits per heavy atom. The molecule has 2 aromatic carbocycles. The highest BCUT2D eigenvalue weighted by Gasteiger charge is 2.06. The lowest BCUT2D eigenvalue weighted by atomic mass is 10.2. The summed E-state index contributed by atoms with van der Waals surface area (Å²) in [5.74, 6) is 0.631. The van der Waals surface area contributed by atoms with Crippen LogP contribution in [0.5, 0.6) is 5.75 Å². The lowest BCUT2D eigenvalue weighted by Crippen LogP contribution is -2.30. The summed E-state index contributed by atoms with van der Waals surface area (Å²) in [6.07, 6.45) is 0. The second kappa shape index (κ2) is 10.1. The maximum absolute atomic E-state index is 11.8. The summed E-state index contributed by atoms with van der Waals surface area (Å²) in [7, 11) is 1.63. The molecule has 0 aliphatic carbocycles. The molecular weight excluding hydrogens is 372 g/mol. The molecule has 0 atom stereocenters. The van der Waals surface area contributed by atoms with E-state index in [0.29, 0.717) is 25.4 Å². The van der Waals surface area contributed by atoms with E-state index in [4.69, 9.17) is 9.47 Å². The van der Waals surface area contributed by atoms with Gasteiger partial charge in [0, 0.05) is 19.3 Å². The number of rotatable bonds is 9. The van der Waals surface area contributed by atoms with E-state index in [1.165, 1.54) is 0 Å². The van der Waals surface area contributed by atoms with Crippen LogP contribution in [0.3, 0.4) is 0 Å². The van der Waals surface area contributed by atoms with Crippen molar-refractivity contribution in [3.63, 3.8) is 0 Å². The first-order chi connectivity index (χ1) is 11.7. The molecule has 0 bridgehead atoms. The number of ether oxygens (including phenoxy) is 2. The maximum Gasteiger partial charge on any atom is 0.238 e. The van der Waals surface area contributed by atoms with Crippen molar-refractivity contribution in [1.29, 1.82) is 0 Å². The number of methoxy groups -OCH3 is 1. The Kier molecular flexibility index (Phi) is 7.74. The predicted molar refractivity (Wildman–Crippen MR) is 98.3 cm³/mol. The smallest absolute Gasteiger partial charge is 0.238 e. The van der Waals surface area contributed by atoms with E-state index in [9.17, 15) is 4.79 Å². The number of nitrogens with one attached hydrogen (secondary N) is 2. The predicted octanol–water partition coefficient (Wildman–Crippen LogP) is 3.20. The van der Waals surface area contributed by atoms with Gasteiger partial charge in [-0.05, 0) is 39.7 Å². The second-order valence-corrected chi connectivity index (χ2v) is 5.99. The van der Waals surface area contributed by atoms with E-state index in [-0.39, 0.29) is 12.5 Å². The lowest BCUT2D eigenvalue weighted by molar-refractivity contribution is -0.115. The normalized spacial score (nSPS) is 10.4. The van der Waals surface area contributed by atoms with Gasteiger partial charge in [0.1, 0.15) is 12.4 Å². The van der Waals surface area contributed by atoms with Crippen LogP contribution in [0.1, 0.15) is 5.56 Å². The van der Waals surface area contributed by atoms with Crippen molar-refractivity contribution in [2.45, 2.75) is 6.61 Å². The number of anilines is 1. The molecule has 0 saturated carbocycles. The molecule has 2 rings (SSSR count). The van der Waals surface area contributed by atoms with Gasteiger partial charge in [0.2, 0.25) is 5.91 Å². The topological polar surface area (TPSA) is 59.6 Å². The van der Waals surface area contributed by atoms with E-state index >= 15 is 0 Å². The molecule has 2 N–H and O–H groups in total. The molecule has 0 spiro atoms. The van der Waals surface area contributed by atoms with Crippen molar-refractivity contribution in [2.75, 3.05) is 32.1 Å². The van der Waals surface area contributed by atoms with Crippen LogP contribution in [0, 0.1) is 0 Å². The highest BCUT2D eigenvalue weighted by atomic mass is 79.9. The molecule has 0 fully saturated rings. The lowest BCUT2D eigenvalue weighted by Gasteiger charge is -2.11. The number of hydrogen-bond donors (Lipinski definition) is 2. The zero-order chi connectivity index (χ0) is 17.2. The molecule has 0 aliphatic heterocycles. The van der Waals surface area contributed by atoms with Crippen LogP contribution in [0.15, 0.2) is 53.0 Å². The molecule has 0 aromatic heterocycles. The monoisotopic (exact) mass is 392 g/mol. The molecule has 2 aromatic rings.